The largest absolute Gasteiger partial charge is 0.374 e. The lowest BCUT2D eigenvalue weighted by Gasteiger charge is -2.33. The Labute approximate surface area is 135 Å². The molecule has 1 unspecified atom stereocenters. The van der Waals surface area contributed by atoms with E-state index in [4.69, 9.17) is 4.74 Å². The van der Waals surface area contributed by atoms with E-state index in [1.807, 2.05) is 4.68 Å². The Bertz CT molecular complexity index is 766. The van der Waals surface area contributed by atoms with Crippen molar-refractivity contribution in [2.45, 2.75) is 19.2 Å². The molecule has 1 fully saturated rings. The van der Waals surface area contributed by atoms with Gasteiger partial charge in [-0.3, -0.25) is 9.58 Å². The van der Waals surface area contributed by atoms with Gasteiger partial charge in [0, 0.05) is 19.6 Å². The third-order valence-corrected chi connectivity index (χ3v) is 4.35. The van der Waals surface area contributed by atoms with Crippen LogP contribution in [0.25, 0.3) is 10.8 Å². The first-order valence-electron chi connectivity index (χ1n) is 8.01. The van der Waals surface area contributed by atoms with Crippen molar-refractivity contribution in [1.29, 1.82) is 0 Å². The molecule has 2 aromatic carbocycles. The second-order valence-corrected chi connectivity index (χ2v) is 5.98. The number of fused-ring (bicyclic) bond motifs is 1. The number of benzene rings is 2. The summed E-state index contributed by atoms with van der Waals surface area (Å²) in [5.74, 6) is 0. The van der Waals surface area contributed by atoms with Crippen molar-refractivity contribution >= 4 is 10.8 Å². The first-order chi connectivity index (χ1) is 11.4. The maximum Gasteiger partial charge on any atom is 0.137 e. The van der Waals surface area contributed by atoms with Crippen molar-refractivity contribution in [2.75, 3.05) is 19.7 Å². The van der Waals surface area contributed by atoms with Crippen molar-refractivity contribution in [2.24, 2.45) is 0 Å². The summed E-state index contributed by atoms with van der Waals surface area (Å²) in [5.41, 5.74) is 1.38. The van der Waals surface area contributed by atoms with Crippen LogP contribution in [-0.2, 0) is 17.8 Å². The van der Waals surface area contributed by atoms with Gasteiger partial charge >= 0.3 is 0 Å². The summed E-state index contributed by atoms with van der Waals surface area (Å²) in [7, 11) is 0. The number of rotatable bonds is 4. The zero-order valence-electron chi connectivity index (χ0n) is 13.0. The molecule has 0 amide bonds. The standard InChI is InChI=1S/C18H20N4O/c1-2-7-18-15(4-1)5-3-6-16(18)10-21-8-9-23-17(11-21)12-22-14-19-13-20-22/h1-7,13-14,17H,8-12H2. The molecule has 5 heteroatoms. The Morgan fingerprint density at radius 2 is 2.04 bits per heavy atom. The van der Waals surface area contributed by atoms with Gasteiger partial charge in [-0.15, -0.1) is 0 Å². The molecule has 1 aromatic heterocycles. The van der Waals surface area contributed by atoms with Crippen LogP contribution >= 0.6 is 0 Å². The molecule has 0 N–H and O–H groups in total. The third-order valence-electron chi connectivity index (χ3n) is 4.35. The molecular formula is C18H20N4O. The van der Waals surface area contributed by atoms with Crippen molar-refractivity contribution in [3.05, 3.63) is 60.7 Å². The van der Waals surface area contributed by atoms with Crippen LogP contribution in [0.2, 0.25) is 0 Å². The van der Waals surface area contributed by atoms with E-state index in [2.05, 4.69) is 57.4 Å². The van der Waals surface area contributed by atoms with Crippen molar-refractivity contribution in [1.82, 2.24) is 19.7 Å². The molecular weight excluding hydrogens is 288 g/mol. The van der Waals surface area contributed by atoms with E-state index in [9.17, 15) is 0 Å². The molecule has 3 aromatic rings. The zero-order valence-corrected chi connectivity index (χ0v) is 13.0. The lowest BCUT2D eigenvalue weighted by atomic mass is 10.0. The van der Waals surface area contributed by atoms with E-state index in [1.54, 1.807) is 12.7 Å². The molecule has 1 saturated heterocycles. The summed E-state index contributed by atoms with van der Waals surface area (Å²) in [5, 5.41) is 6.81. The van der Waals surface area contributed by atoms with Crippen LogP contribution in [0.3, 0.4) is 0 Å². The van der Waals surface area contributed by atoms with E-state index in [0.717, 1.165) is 32.8 Å². The van der Waals surface area contributed by atoms with Gasteiger partial charge in [0.05, 0.1) is 19.3 Å². The number of ether oxygens (including phenoxy) is 1. The molecule has 0 bridgehead atoms. The summed E-state index contributed by atoms with van der Waals surface area (Å²) >= 11 is 0. The van der Waals surface area contributed by atoms with E-state index < -0.39 is 0 Å². The molecule has 0 radical (unpaired) electrons. The lowest BCUT2D eigenvalue weighted by molar-refractivity contribution is -0.0401. The topological polar surface area (TPSA) is 43.2 Å². The molecule has 0 spiro atoms. The van der Waals surface area contributed by atoms with Crippen molar-refractivity contribution in [3.63, 3.8) is 0 Å². The molecule has 1 aliphatic heterocycles. The van der Waals surface area contributed by atoms with Crippen molar-refractivity contribution in [3.8, 4) is 0 Å². The monoisotopic (exact) mass is 308 g/mol. The van der Waals surface area contributed by atoms with Crippen LogP contribution in [0.4, 0.5) is 0 Å². The Morgan fingerprint density at radius 1 is 1.13 bits per heavy atom. The predicted octanol–water partition coefficient (Wildman–Crippen LogP) is 2.33. The first kappa shape index (κ1) is 14.4. The molecule has 23 heavy (non-hydrogen) atoms. The Morgan fingerprint density at radius 3 is 2.96 bits per heavy atom. The summed E-state index contributed by atoms with van der Waals surface area (Å²) in [6.07, 6.45) is 3.48. The zero-order chi connectivity index (χ0) is 15.5. The number of morpholine rings is 1. The molecule has 1 aliphatic rings. The minimum atomic E-state index is 0.167. The second kappa shape index (κ2) is 6.48. The summed E-state index contributed by atoms with van der Waals surface area (Å²) < 4.78 is 7.72. The molecule has 2 heterocycles. The minimum absolute atomic E-state index is 0.167. The van der Waals surface area contributed by atoms with Gasteiger partial charge in [-0.25, -0.2) is 4.98 Å². The highest BCUT2D eigenvalue weighted by Gasteiger charge is 2.21. The van der Waals surface area contributed by atoms with Crippen LogP contribution in [0, 0.1) is 0 Å². The van der Waals surface area contributed by atoms with Gasteiger partial charge in [0.1, 0.15) is 12.7 Å². The molecule has 0 aliphatic carbocycles. The van der Waals surface area contributed by atoms with E-state index >= 15 is 0 Å². The van der Waals surface area contributed by atoms with E-state index in [-0.39, 0.29) is 6.10 Å². The summed E-state index contributed by atoms with van der Waals surface area (Å²) in [4.78, 5) is 6.46. The number of hydrogen-bond donors (Lipinski definition) is 0. The number of hydrogen-bond acceptors (Lipinski definition) is 4. The number of nitrogens with zero attached hydrogens (tertiary/aromatic N) is 4. The average Bonchev–Trinajstić information content (AvgIpc) is 3.09. The van der Waals surface area contributed by atoms with Gasteiger partial charge in [-0.2, -0.15) is 5.10 Å². The summed E-state index contributed by atoms with van der Waals surface area (Å²) in [6.45, 7) is 4.37. The molecule has 0 saturated carbocycles. The lowest BCUT2D eigenvalue weighted by Crippen LogP contribution is -2.43. The predicted molar refractivity (Wildman–Crippen MR) is 89.0 cm³/mol. The van der Waals surface area contributed by atoms with Crippen LogP contribution in [0.5, 0.6) is 0 Å². The van der Waals surface area contributed by atoms with Gasteiger partial charge in [0.15, 0.2) is 0 Å². The van der Waals surface area contributed by atoms with Gasteiger partial charge in [0.2, 0.25) is 0 Å². The maximum atomic E-state index is 5.88. The summed E-state index contributed by atoms with van der Waals surface area (Å²) in [6, 6.07) is 15.1. The highest BCUT2D eigenvalue weighted by molar-refractivity contribution is 5.85. The Hall–Kier alpha value is -2.24. The maximum absolute atomic E-state index is 5.88. The van der Waals surface area contributed by atoms with Gasteiger partial charge < -0.3 is 4.74 Å². The molecule has 5 nitrogen and oxygen atoms in total. The highest BCUT2D eigenvalue weighted by Crippen LogP contribution is 2.21. The van der Waals surface area contributed by atoms with Gasteiger partial charge in [-0.05, 0) is 16.3 Å². The first-order valence-corrected chi connectivity index (χ1v) is 8.01. The van der Waals surface area contributed by atoms with E-state index in [0.29, 0.717) is 0 Å². The molecule has 118 valence electrons. The van der Waals surface area contributed by atoms with Gasteiger partial charge in [0.25, 0.3) is 0 Å². The normalized spacial score (nSPS) is 19.2. The Kier molecular flexibility index (Phi) is 4.05. The molecule has 4 rings (SSSR count). The fourth-order valence-electron chi connectivity index (χ4n) is 3.24. The number of aromatic nitrogens is 3. The van der Waals surface area contributed by atoms with Crippen LogP contribution < -0.4 is 0 Å². The fraction of sp³-hybridized carbons (Fsp3) is 0.333. The average molecular weight is 308 g/mol. The smallest absolute Gasteiger partial charge is 0.137 e. The third kappa shape index (κ3) is 3.25. The SMILES string of the molecule is c1ccc2c(CN3CCOC(Cn4cncn4)C3)cccc2c1. The Balaban J connectivity index is 1.47. The molecule has 1 atom stereocenters. The highest BCUT2D eigenvalue weighted by atomic mass is 16.5. The van der Waals surface area contributed by atoms with Crippen LogP contribution in [0.1, 0.15) is 5.56 Å². The van der Waals surface area contributed by atoms with Gasteiger partial charge in [-0.1, -0.05) is 42.5 Å². The fourth-order valence-corrected chi connectivity index (χ4v) is 3.24. The second-order valence-electron chi connectivity index (χ2n) is 5.98. The van der Waals surface area contributed by atoms with Crippen LogP contribution in [-0.4, -0.2) is 45.5 Å². The van der Waals surface area contributed by atoms with E-state index in [1.165, 1.54) is 16.3 Å². The van der Waals surface area contributed by atoms with Crippen molar-refractivity contribution < 1.29 is 4.74 Å². The minimum Gasteiger partial charge on any atom is -0.374 e. The van der Waals surface area contributed by atoms with Crippen LogP contribution in [0.15, 0.2) is 55.1 Å². The quantitative estimate of drug-likeness (QED) is 0.742.